The van der Waals surface area contributed by atoms with Crippen LogP contribution in [0.2, 0.25) is 0 Å². The monoisotopic (exact) mass is 224 g/mol. The highest BCUT2D eigenvalue weighted by Gasteiger charge is 1.92. The Hall–Kier alpha value is -1.05. The van der Waals surface area contributed by atoms with Crippen molar-refractivity contribution in [1.82, 2.24) is 0 Å². The minimum Gasteiger partial charge on any atom is -0.466 e. The summed E-state index contributed by atoms with van der Waals surface area (Å²) in [4.78, 5) is 10.5. The number of allylic oxidation sites excluding steroid dienone is 4. The van der Waals surface area contributed by atoms with E-state index in [1.165, 1.54) is 19.8 Å². The molecule has 0 aliphatic carbocycles. The second kappa shape index (κ2) is 12.0. The van der Waals surface area contributed by atoms with Gasteiger partial charge < -0.3 is 4.74 Å². The Labute approximate surface area is 99.4 Å². The lowest BCUT2D eigenvalue weighted by molar-refractivity contribution is -0.141. The van der Waals surface area contributed by atoms with Gasteiger partial charge in [-0.3, -0.25) is 4.79 Å². The third-order valence-corrected chi connectivity index (χ3v) is 2.19. The molecular weight excluding hydrogens is 200 g/mol. The van der Waals surface area contributed by atoms with Gasteiger partial charge in [0.2, 0.25) is 0 Å². The van der Waals surface area contributed by atoms with Gasteiger partial charge in [-0.15, -0.1) is 0 Å². The van der Waals surface area contributed by atoms with E-state index >= 15 is 0 Å². The van der Waals surface area contributed by atoms with Crippen molar-refractivity contribution in [2.75, 3.05) is 6.61 Å². The average Bonchev–Trinajstić information content (AvgIpc) is 2.25. The molecule has 0 radical (unpaired) electrons. The zero-order valence-electron chi connectivity index (χ0n) is 10.6. The second-order valence-electron chi connectivity index (χ2n) is 3.81. The van der Waals surface area contributed by atoms with Gasteiger partial charge in [-0.1, -0.05) is 44.1 Å². The highest BCUT2D eigenvalue weighted by molar-refractivity contribution is 5.65. The van der Waals surface area contributed by atoms with Crippen molar-refractivity contribution in [1.29, 1.82) is 0 Å². The minimum absolute atomic E-state index is 0.175. The largest absolute Gasteiger partial charge is 0.466 e. The van der Waals surface area contributed by atoms with Gasteiger partial charge in [0.25, 0.3) is 0 Å². The summed E-state index contributed by atoms with van der Waals surface area (Å²) in [6, 6.07) is 0. The molecule has 0 aliphatic heterocycles. The van der Waals surface area contributed by atoms with E-state index in [0.29, 0.717) is 6.61 Å². The number of ether oxygens (including phenoxy) is 1. The molecule has 0 rings (SSSR count). The molecule has 2 nitrogen and oxygen atoms in total. The van der Waals surface area contributed by atoms with Crippen LogP contribution in [0.25, 0.3) is 0 Å². The molecule has 2 heteroatoms. The molecule has 0 aromatic carbocycles. The lowest BCUT2D eigenvalue weighted by Gasteiger charge is -2.00. The van der Waals surface area contributed by atoms with Crippen molar-refractivity contribution in [2.24, 2.45) is 0 Å². The number of rotatable bonds is 9. The minimum atomic E-state index is -0.175. The van der Waals surface area contributed by atoms with Gasteiger partial charge in [0, 0.05) is 6.92 Å². The quantitative estimate of drug-likeness (QED) is 0.336. The third kappa shape index (κ3) is 12.9. The number of hydrogen-bond donors (Lipinski definition) is 0. The van der Waals surface area contributed by atoms with E-state index in [-0.39, 0.29) is 5.97 Å². The molecule has 0 aromatic heterocycles. The first-order valence-corrected chi connectivity index (χ1v) is 6.22. The van der Waals surface area contributed by atoms with E-state index in [4.69, 9.17) is 4.74 Å². The summed E-state index contributed by atoms with van der Waals surface area (Å²) in [5.41, 5.74) is 0. The molecule has 0 atom stereocenters. The van der Waals surface area contributed by atoms with Crippen molar-refractivity contribution in [3.05, 3.63) is 24.3 Å². The van der Waals surface area contributed by atoms with Gasteiger partial charge >= 0.3 is 5.97 Å². The molecule has 92 valence electrons. The first kappa shape index (κ1) is 14.9. The summed E-state index contributed by atoms with van der Waals surface area (Å²) in [7, 11) is 0. The summed E-state index contributed by atoms with van der Waals surface area (Å²) < 4.78 is 4.85. The van der Waals surface area contributed by atoms with E-state index in [9.17, 15) is 4.79 Å². The van der Waals surface area contributed by atoms with Crippen LogP contribution in [0.3, 0.4) is 0 Å². The van der Waals surface area contributed by atoms with Crippen molar-refractivity contribution in [3.63, 3.8) is 0 Å². The van der Waals surface area contributed by atoms with Gasteiger partial charge in [0.15, 0.2) is 0 Å². The van der Waals surface area contributed by atoms with Crippen LogP contribution in [0, 0.1) is 0 Å². The fourth-order valence-corrected chi connectivity index (χ4v) is 1.32. The van der Waals surface area contributed by atoms with Crippen LogP contribution in [-0.4, -0.2) is 12.6 Å². The van der Waals surface area contributed by atoms with E-state index in [0.717, 1.165) is 25.7 Å². The van der Waals surface area contributed by atoms with Crippen LogP contribution in [0.1, 0.15) is 52.4 Å². The summed E-state index contributed by atoms with van der Waals surface area (Å²) in [5.74, 6) is -0.175. The predicted molar refractivity (Wildman–Crippen MR) is 68.3 cm³/mol. The summed E-state index contributed by atoms with van der Waals surface area (Å²) in [6.45, 7) is 4.16. The third-order valence-electron chi connectivity index (χ3n) is 2.19. The first-order chi connectivity index (χ1) is 7.77. The normalized spacial score (nSPS) is 11.4. The number of carbonyl (C=O) groups excluding carboxylic acids is 1. The molecule has 0 heterocycles. The van der Waals surface area contributed by atoms with Crippen LogP contribution in [-0.2, 0) is 9.53 Å². The Morgan fingerprint density at radius 3 is 2.44 bits per heavy atom. The molecule has 0 aliphatic rings. The van der Waals surface area contributed by atoms with Crippen LogP contribution in [0.15, 0.2) is 24.3 Å². The maximum absolute atomic E-state index is 10.5. The van der Waals surface area contributed by atoms with E-state index in [1.54, 1.807) is 0 Å². The number of carbonyl (C=O) groups is 1. The Balaban J connectivity index is 3.12. The smallest absolute Gasteiger partial charge is 0.302 e. The Kier molecular flexibility index (Phi) is 11.2. The Morgan fingerprint density at radius 2 is 1.75 bits per heavy atom. The molecule has 0 fully saturated rings. The Morgan fingerprint density at radius 1 is 1.06 bits per heavy atom. The lowest BCUT2D eigenvalue weighted by atomic mass is 10.1. The number of hydrogen-bond acceptors (Lipinski definition) is 2. The van der Waals surface area contributed by atoms with Gasteiger partial charge in [0.05, 0.1) is 6.61 Å². The molecule has 16 heavy (non-hydrogen) atoms. The molecule has 0 aromatic rings. The standard InChI is InChI=1S/C14H24O2/c1-3-4-5-6-7-8-9-10-11-12-13-16-14(2)15/h4-7H,3,8-13H2,1-2H3/b5-4?,7-6+. The topological polar surface area (TPSA) is 26.3 Å². The highest BCUT2D eigenvalue weighted by Crippen LogP contribution is 2.04. The average molecular weight is 224 g/mol. The zero-order chi connectivity index (χ0) is 12.1. The summed E-state index contributed by atoms with van der Waals surface area (Å²) in [6.07, 6.45) is 15.4. The summed E-state index contributed by atoms with van der Waals surface area (Å²) in [5, 5.41) is 0. The molecular formula is C14H24O2. The van der Waals surface area contributed by atoms with Crippen LogP contribution < -0.4 is 0 Å². The van der Waals surface area contributed by atoms with Crippen molar-refractivity contribution < 1.29 is 9.53 Å². The zero-order valence-corrected chi connectivity index (χ0v) is 10.6. The van der Waals surface area contributed by atoms with Gasteiger partial charge in [-0.05, 0) is 25.7 Å². The summed E-state index contributed by atoms with van der Waals surface area (Å²) >= 11 is 0. The molecule has 0 amide bonds. The van der Waals surface area contributed by atoms with Crippen molar-refractivity contribution in [3.8, 4) is 0 Å². The number of unbranched alkanes of at least 4 members (excludes halogenated alkanes) is 4. The number of esters is 1. The maximum atomic E-state index is 10.5. The molecule has 0 unspecified atom stereocenters. The first-order valence-electron chi connectivity index (χ1n) is 6.22. The van der Waals surface area contributed by atoms with E-state index in [1.807, 2.05) is 0 Å². The van der Waals surface area contributed by atoms with E-state index < -0.39 is 0 Å². The van der Waals surface area contributed by atoms with Crippen LogP contribution in [0.5, 0.6) is 0 Å². The van der Waals surface area contributed by atoms with E-state index in [2.05, 4.69) is 31.2 Å². The molecule has 0 N–H and O–H groups in total. The maximum Gasteiger partial charge on any atom is 0.302 e. The Bertz CT molecular complexity index is 217. The van der Waals surface area contributed by atoms with Crippen LogP contribution in [0.4, 0.5) is 0 Å². The molecule has 0 spiro atoms. The van der Waals surface area contributed by atoms with Crippen molar-refractivity contribution in [2.45, 2.75) is 52.4 Å². The second-order valence-corrected chi connectivity index (χ2v) is 3.81. The fourth-order valence-electron chi connectivity index (χ4n) is 1.32. The van der Waals surface area contributed by atoms with Gasteiger partial charge in [-0.25, -0.2) is 0 Å². The molecule has 0 saturated heterocycles. The fraction of sp³-hybridized carbons (Fsp3) is 0.643. The highest BCUT2D eigenvalue weighted by atomic mass is 16.5. The van der Waals surface area contributed by atoms with Crippen LogP contribution >= 0.6 is 0 Å². The van der Waals surface area contributed by atoms with Gasteiger partial charge in [0.1, 0.15) is 0 Å². The molecule has 0 bridgehead atoms. The molecule has 0 saturated carbocycles. The van der Waals surface area contributed by atoms with Crippen molar-refractivity contribution >= 4 is 5.97 Å². The van der Waals surface area contributed by atoms with Gasteiger partial charge in [-0.2, -0.15) is 0 Å². The SMILES string of the molecule is CCC=C/C=C/CCCCCCOC(C)=O. The lowest BCUT2D eigenvalue weighted by Crippen LogP contribution is -1.99. The predicted octanol–water partition coefficient (Wildman–Crippen LogP) is 4.02.